The standard InChI is InChI=1S/C22H22N2O4/c25-22(14-17-16-5-1-2-7-19(16)28-23-17)24-10-3-6-18(24)15-8-9-20-21(13-15)27-12-4-11-26-20/h1-2,5,7-9,13,18H,3-4,6,10-12,14H2. The molecule has 2 aliphatic rings. The first kappa shape index (κ1) is 17.1. The third kappa shape index (κ3) is 3.09. The average molecular weight is 378 g/mol. The number of hydrogen-bond acceptors (Lipinski definition) is 5. The summed E-state index contributed by atoms with van der Waals surface area (Å²) in [6.07, 6.45) is 3.07. The van der Waals surface area contributed by atoms with E-state index >= 15 is 0 Å². The summed E-state index contributed by atoms with van der Waals surface area (Å²) in [7, 11) is 0. The molecule has 2 aliphatic heterocycles. The SMILES string of the molecule is O=C(Cc1noc2ccccc12)N1CCCC1c1ccc2c(c1)OCCCO2. The van der Waals surface area contributed by atoms with Gasteiger partial charge in [-0.1, -0.05) is 23.4 Å². The first-order valence-corrected chi connectivity index (χ1v) is 9.82. The second kappa shape index (κ2) is 7.19. The van der Waals surface area contributed by atoms with Crippen molar-refractivity contribution in [3.63, 3.8) is 0 Å². The van der Waals surface area contributed by atoms with Crippen molar-refractivity contribution >= 4 is 16.9 Å². The fraction of sp³-hybridized carbons (Fsp3) is 0.364. The average Bonchev–Trinajstić information content (AvgIpc) is 3.30. The summed E-state index contributed by atoms with van der Waals surface area (Å²) in [5.41, 5.74) is 2.51. The maximum atomic E-state index is 13.1. The molecule has 0 saturated carbocycles. The summed E-state index contributed by atoms with van der Waals surface area (Å²) >= 11 is 0. The molecule has 1 aromatic heterocycles. The van der Waals surface area contributed by atoms with Crippen LogP contribution in [0.5, 0.6) is 11.5 Å². The van der Waals surface area contributed by atoms with Crippen LogP contribution < -0.4 is 9.47 Å². The van der Waals surface area contributed by atoms with Crippen LogP contribution in [-0.4, -0.2) is 35.7 Å². The molecule has 5 rings (SSSR count). The molecule has 2 aromatic carbocycles. The minimum atomic E-state index is 0.0582. The largest absolute Gasteiger partial charge is 0.490 e. The summed E-state index contributed by atoms with van der Waals surface area (Å²) < 4.78 is 16.9. The minimum absolute atomic E-state index is 0.0582. The molecule has 1 unspecified atom stereocenters. The molecule has 1 atom stereocenters. The molecule has 3 aromatic rings. The molecule has 6 nitrogen and oxygen atoms in total. The van der Waals surface area contributed by atoms with Crippen molar-refractivity contribution < 1.29 is 18.8 Å². The van der Waals surface area contributed by atoms with Crippen LogP contribution in [0.1, 0.15) is 36.6 Å². The van der Waals surface area contributed by atoms with Crippen molar-refractivity contribution in [1.82, 2.24) is 10.1 Å². The van der Waals surface area contributed by atoms with E-state index in [0.29, 0.717) is 24.5 Å². The highest BCUT2D eigenvalue weighted by atomic mass is 16.5. The number of benzene rings is 2. The zero-order chi connectivity index (χ0) is 18.9. The molecule has 28 heavy (non-hydrogen) atoms. The minimum Gasteiger partial charge on any atom is -0.490 e. The second-order valence-electron chi connectivity index (χ2n) is 7.30. The van der Waals surface area contributed by atoms with Gasteiger partial charge < -0.3 is 18.9 Å². The predicted octanol–water partition coefficient (Wildman–Crippen LogP) is 3.90. The molecule has 144 valence electrons. The van der Waals surface area contributed by atoms with Gasteiger partial charge in [0.05, 0.1) is 25.7 Å². The Kier molecular flexibility index (Phi) is 4.39. The van der Waals surface area contributed by atoms with Crippen molar-refractivity contribution in [3.05, 3.63) is 53.7 Å². The Labute approximate surface area is 163 Å². The molecular formula is C22H22N2O4. The van der Waals surface area contributed by atoms with Crippen molar-refractivity contribution in [1.29, 1.82) is 0 Å². The molecule has 0 radical (unpaired) electrons. The summed E-state index contributed by atoms with van der Waals surface area (Å²) in [5, 5.41) is 5.02. The smallest absolute Gasteiger partial charge is 0.229 e. The van der Waals surface area contributed by atoms with Crippen LogP contribution in [0.4, 0.5) is 0 Å². The maximum absolute atomic E-state index is 13.1. The van der Waals surface area contributed by atoms with Gasteiger partial charge in [-0.15, -0.1) is 0 Å². The Morgan fingerprint density at radius 2 is 1.93 bits per heavy atom. The van der Waals surface area contributed by atoms with Crippen LogP contribution in [0.25, 0.3) is 11.0 Å². The van der Waals surface area contributed by atoms with E-state index in [1.807, 2.05) is 41.3 Å². The van der Waals surface area contributed by atoms with E-state index in [1.54, 1.807) is 0 Å². The van der Waals surface area contributed by atoms with Gasteiger partial charge in [0.1, 0.15) is 5.69 Å². The molecule has 0 bridgehead atoms. The van der Waals surface area contributed by atoms with Crippen LogP contribution >= 0.6 is 0 Å². The van der Waals surface area contributed by atoms with E-state index in [0.717, 1.165) is 48.3 Å². The second-order valence-corrected chi connectivity index (χ2v) is 7.30. The van der Waals surface area contributed by atoms with E-state index in [2.05, 4.69) is 11.2 Å². The zero-order valence-corrected chi connectivity index (χ0v) is 15.6. The number of ether oxygens (including phenoxy) is 2. The fourth-order valence-corrected chi connectivity index (χ4v) is 4.11. The molecule has 1 amide bonds. The molecule has 0 spiro atoms. The Hall–Kier alpha value is -3.02. The highest BCUT2D eigenvalue weighted by molar-refractivity contribution is 5.86. The first-order valence-electron chi connectivity index (χ1n) is 9.82. The van der Waals surface area contributed by atoms with Gasteiger partial charge in [0.2, 0.25) is 5.91 Å². The lowest BCUT2D eigenvalue weighted by Gasteiger charge is -2.25. The number of carbonyl (C=O) groups excluding carboxylic acids is 1. The van der Waals surface area contributed by atoms with E-state index < -0.39 is 0 Å². The predicted molar refractivity (Wildman–Crippen MR) is 103 cm³/mol. The molecule has 3 heterocycles. The summed E-state index contributed by atoms with van der Waals surface area (Å²) in [6, 6.07) is 13.7. The topological polar surface area (TPSA) is 64.8 Å². The highest BCUT2D eigenvalue weighted by Crippen LogP contribution is 2.38. The lowest BCUT2D eigenvalue weighted by atomic mass is 10.0. The Morgan fingerprint density at radius 1 is 1.07 bits per heavy atom. The summed E-state index contributed by atoms with van der Waals surface area (Å²) in [6.45, 7) is 2.09. The maximum Gasteiger partial charge on any atom is 0.229 e. The van der Waals surface area contributed by atoms with Gasteiger partial charge in [0.25, 0.3) is 0 Å². The van der Waals surface area contributed by atoms with E-state index in [1.165, 1.54) is 0 Å². The Bertz CT molecular complexity index is 1010. The van der Waals surface area contributed by atoms with Gasteiger partial charge in [0, 0.05) is 18.4 Å². The monoisotopic (exact) mass is 378 g/mol. The van der Waals surface area contributed by atoms with Gasteiger partial charge in [-0.25, -0.2) is 0 Å². The van der Waals surface area contributed by atoms with Crippen LogP contribution in [0.15, 0.2) is 47.0 Å². The summed E-state index contributed by atoms with van der Waals surface area (Å²) in [5.74, 6) is 1.64. The van der Waals surface area contributed by atoms with Gasteiger partial charge in [0.15, 0.2) is 17.1 Å². The number of aromatic nitrogens is 1. The first-order chi connectivity index (χ1) is 13.8. The number of likely N-dealkylation sites (tertiary alicyclic amines) is 1. The Morgan fingerprint density at radius 3 is 2.86 bits per heavy atom. The number of rotatable bonds is 3. The van der Waals surface area contributed by atoms with E-state index in [-0.39, 0.29) is 18.4 Å². The lowest BCUT2D eigenvalue weighted by Crippen LogP contribution is -2.32. The van der Waals surface area contributed by atoms with Gasteiger partial charge in [-0.05, 0) is 42.7 Å². The Balaban J connectivity index is 1.38. The molecule has 6 heteroatoms. The fourth-order valence-electron chi connectivity index (χ4n) is 4.11. The number of hydrogen-bond donors (Lipinski definition) is 0. The number of nitrogens with zero attached hydrogens (tertiary/aromatic N) is 2. The number of fused-ring (bicyclic) bond motifs is 2. The van der Waals surface area contributed by atoms with E-state index in [4.69, 9.17) is 14.0 Å². The number of carbonyl (C=O) groups is 1. The van der Waals surface area contributed by atoms with Crippen LogP contribution in [0, 0.1) is 0 Å². The molecule has 0 aliphatic carbocycles. The molecule has 0 N–H and O–H groups in total. The van der Waals surface area contributed by atoms with Gasteiger partial charge in [-0.3, -0.25) is 4.79 Å². The number of amides is 1. The number of para-hydroxylation sites is 1. The zero-order valence-electron chi connectivity index (χ0n) is 15.6. The van der Waals surface area contributed by atoms with Crippen LogP contribution in [-0.2, 0) is 11.2 Å². The van der Waals surface area contributed by atoms with Gasteiger partial charge in [-0.2, -0.15) is 0 Å². The quantitative estimate of drug-likeness (QED) is 0.692. The van der Waals surface area contributed by atoms with Crippen molar-refractivity contribution in [2.24, 2.45) is 0 Å². The van der Waals surface area contributed by atoms with Crippen LogP contribution in [0.2, 0.25) is 0 Å². The van der Waals surface area contributed by atoms with Crippen LogP contribution in [0.3, 0.4) is 0 Å². The van der Waals surface area contributed by atoms with Gasteiger partial charge >= 0.3 is 0 Å². The molecule has 1 saturated heterocycles. The van der Waals surface area contributed by atoms with Crippen molar-refractivity contribution in [2.45, 2.75) is 31.7 Å². The third-order valence-electron chi connectivity index (χ3n) is 5.50. The van der Waals surface area contributed by atoms with E-state index in [9.17, 15) is 4.79 Å². The molecular weight excluding hydrogens is 356 g/mol. The lowest BCUT2D eigenvalue weighted by molar-refractivity contribution is -0.131. The van der Waals surface area contributed by atoms with Crippen molar-refractivity contribution in [2.75, 3.05) is 19.8 Å². The normalized spacial score (nSPS) is 19.0. The van der Waals surface area contributed by atoms with Crippen molar-refractivity contribution in [3.8, 4) is 11.5 Å². The summed E-state index contributed by atoms with van der Waals surface area (Å²) in [4.78, 5) is 15.0. The highest BCUT2D eigenvalue weighted by Gasteiger charge is 2.31. The third-order valence-corrected chi connectivity index (χ3v) is 5.50. The molecule has 1 fully saturated rings.